The number of nitrogens with two attached hydrogens (primary N) is 1. The number of nitrogens with one attached hydrogen (secondary N) is 13. The smallest absolute Gasteiger partial charge is 0.426 e. The molecule has 12 amide bonds. The Morgan fingerprint density at radius 2 is 1.36 bits per heavy atom. The van der Waals surface area contributed by atoms with Crippen molar-refractivity contribution in [1.29, 1.82) is 5.41 Å². The Hall–Kier alpha value is -10.5. The number of rotatable bonds is 53. The molecule has 1 aromatic heterocycles. The Morgan fingerprint density at radius 1 is 0.695 bits per heavy atom. The number of hydrogen-bond donors (Lipinski definition) is 19. The number of unbranched alkanes of at least 4 members (excludes halogenated alkanes) is 2. The largest absolute Gasteiger partial charge is 0.508 e. The van der Waals surface area contributed by atoms with Crippen molar-refractivity contribution in [2.75, 3.05) is 64.6 Å². The number of hydrogen-bond acceptors (Lipinski definition) is 24. The van der Waals surface area contributed by atoms with Crippen LogP contribution in [0.25, 0.3) is 5.57 Å². The van der Waals surface area contributed by atoms with E-state index in [9.17, 15) is 87.5 Å². The standard InChI is InChI=1S/C77H117N17O21S3/c1-9-17-64(102)115-44-94(72(108)65(46(5)10-2)90-70(107)58-19-12-15-34-93(58)8)59(45(3)4)41-60(96)71-88-57(43-116-71)69(106)86-55(48(7)51-24-26-52(95)27-25-51)38-47(6)66(103)91-92-77(113)114-35-37-118-117-36-33-80-67(104)56(40-63(100)101)87-68(105)53(18-16-32-81-74(78)79)85-61(97)39-49-20-22-50(23-21-49)42-84-75(111)82-30-13-11-14-31-83-76(112)89-54(73(109)110)28-29-62(98)99/h20-27,43,45-47,53-56,58-60,65,95-96H,7,9-19,28-42,44H2,1-6,8H3,(H,80,104)(H,85,97)(H,86,106)(H,87,105)(H,90,107)(H,91,103)(H,92,113)(H,98,99)(H,100,101)(H,109,110)(H4,78,79,81)(H2,82,84,111)(H2,83,89,112)/t46?,47-,53-,54-,55+,56-,58+,59+,60+,65-/m0/s1. The number of guanidine groups is 1. The lowest BCUT2D eigenvalue weighted by Crippen LogP contribution is -2.59. The van der Waals surface area contributed by atoms with Crippen molar-refractivity contribution in [3.63, 3.8) is 0 Å². The fourth-order valence-corrected chi connectivity index (χ4v) is 14.6. The molecule has 0 radical (unpaired) electrons. The van der Waals surface area contributed by atoms with E-state index in [1.54, 1.807) is 43.3 Å². The first-order valence-corrected chi connectivity index (χ1v) is 42.6. The zero-order chi connectivity index (χ0) is 87.4. The molecule has 0 saturated carbocycles. The van der Waals surface area contributed by atoms with Crippen LogP contribution >= 0.6 is 32.9 Å². The average Bonchev–Trinajstić information content (AvgIpc) is 1.31. The van der Waals surface area contributed by atoms with Crippen molar-refractivity contribution in [3.8, 4) is 5.75 Å². The van der Waals surface area contributed by atoms with Crippen molar-refractivity contribution in [1.82, 2.24) is 78.8 Å². The molecule has 4 rings (SSSR count). The van der Waals surface area contributed by atoms with Gasteiger partial charge >= 0.3 is 42.0 Å². The summed E-state index contributed by atoms with van der Waals surface area (Å²) in [6.45, 7) is 16.0. The van der Waals surface area contributed by atoms with Crippen molar-refractivity contribution in [3.05, 3.63) is 87.9 Å². The molecule has 41 heteroatoms. The Kier molecular flexibility index (Phi) is 45.5. The van der Waals surface area contributed by atoms with Crippen LogP contribution in [0.5, 0.6) is 5.75 Å². The molecule has 0 spiro atoms. The lowest BCUT2D eigenvalue weighted by atomic mass is 9.91. The maximum Gasteiger partial charge on any atom is 0.426 e. The second kappa shape index (κ2) is 53.7. The molecule has 0 aliphatic carbocycles. The zero-order valence-electron chi connectivity index (χ0n) is 67.8. The molecular formula is C77H117N17O21S3. The molecular weight excluding hydrogens is 1600 g/mol. The summed E-state index contributed by atoms with van der Waals surface area (Å²) in [6.07, 6.45) is 1.29. The number of aliphatic carboxylic acids is 3. The number of carboxylic acid groups (broad SMARTS) is 3. The number of likely N-dealkylation sites (tertiary alicyclic amines) is 1. The lowest BCUT2D eigenvalue weighted by Gasteiger charge is -2.39. The third-order valence-corrected chi connectivity index (χ3v) is 22.4. The van der Waals surface area contributed by atoms with Gasteiger partial charge in [-0.2, -0.15) is 0 Å². The number of likely N-dealkylation sites (N-methyl/N-ethyl adjacent to an activating group) is 1. The van der Waals surface area contributed by atoms with Crippen LogP contribution in [-0.4, -0.2) is 237 Å². The van der Waals surface area contributed by atoms with E-state index in [0.29, 0.717) is 67.3 Å². The van der Waals surface area contributed by atoms with E-state index >= 15 is 0 Å². The SMILES string of the molecule is C=C(c1ccc(O)cc1)[C@@H](C[C@H](C)C(=O)NNC(=O)OCCSSCCNC(=O)[C@H](CC(=O)O)NC(=O)[C@H](CCCNC(=N)N)NC(=O)Cc1ccc(CNC(=O)NCCCCCNC(=O)N[C@@H](CCC(=O)O)C(=O)O)cc1)NC(=O)c1csc([C@H](O)C[C@H](C(C)C)N(COC(=O)CCC)C(=O)[C@@H](NC(=O)[C@H]2CCCCN2C)C(C)CC)n1. The number of esters is 1. The van der Waals surface area contributed by atoms with Gasteiger partial charge in [0.2, 0.25) is 35.4 Å². The Morgan fingerprint density at radius 3 is 2.00 bits per heavy atom. The van der Waals surface area contributed by atoms with Crippen molar-refractivity contribution in [2.24, 2.45) is 23.5 Å². The van der Waals surface area contributed by atoms with Gasteiger partial charge in [0.05, 0.1) is 24.9 Å². The number of aromatic nitrogens is 1. The molecule has 2 aromatic carbocycles. The molecule has 1 unspecified atom stereocenters. The van der Waals surface area contributed by atoms with Gasteiger partial charge in [0.25, 0.3) is 5.91 Å². The number of phenolic OH excluding ortho intramolecular Hbond substituents is 1. The number of piperidine rings is 1. The van der Waals surface area contributed by atoms with E-state index in [0.717, 1.165) is 30.7 Å². The van der Waals surface area contributed by atoms with Crippen LogP contribution < -0.4 is 69.8 Å². The number of ether oxygens (including phenoxy) is 2. The van der Waals surface area contributed by atoms with E-state index < -0.39 is 151 Å². The first kappa shape index (κ1) is 99.8. The number of carbonyl (C=O) groups excluding carboxylic acids is 11. The molecule has 38 nitrogen and oxygen atoms in total. The number of nitrogens with zero attached hydrogens (tertiary/aromatic N) is 3. The van der Waals surface area contributed by atoms with Gasteiger partial charge in [-0.05, 0) is 124 Å². The highest BCUT2D eigenvalue weighted by Crippen LogP contribution is 2.31. The molecule has 1 aliphatic heterocycles. The maximum absolute atomic E-state index is 14.8. The summed E-state index contributed by atoms with van der Waals surface area (Å²) in [5, 5.41) is 85.1. The normalized spacial score (nSPS) is 14.8. The molecule has 1 aliphatic rings. The number of urea groups is 2. The van der Waals surface area contributed by atoms with Crippen molar-refractivity contribution >= 4 is 128 Å². The van der Waals surface area contributed by atoms with E-state index in [2.05, 4.69) is 75.6 Å². The second-order valence-corrected chi connectivity index (χ2v) is 32.4. The van der Waals surface area contributed by atoms with Gasteiger partial charge in [0, 0.05) is 80.8 Å². The van der Waals surface area contributed by atoms with Crippen molar-refractivity contribution in [2.45, 2.75) is 206 Å². The summed E-state index contributed by atoms with van der Waals surface area (Å²) >= 11 is 0.995. The van der Waals surface area contributed by atoms with Gasteiger partial charge in [-0.25, -0.2) is 29.6 Å². The van der Waals surface area contributed by atoms with E-state index in [1.807, 2.05) is 46.6 Å². The zero-order valence-corrected chi connectivity index (χ0v) is 70.2. The highest BCUT2D eigenvalue weighted by molar-refractivity contribution is 8.76. The number of benzene rings is 2. The van der Waals surface area contributed by atoms with Crippen LogP contribution in [0.3, 0.4) is 0 Å². The predicted molar refractivity (Wildman–Crippen MR) is 442 cm³/mol. The van der Waals surface area contributed by atoms with Gasteiger partial charge in [-0.15, -0.1) is 11.3 Å². The quantitative estimate of drug-likeness (QED) is 0.00720. The summed E-state index contributed by atoms with van der Waals surface area (Å²) in [4.78, 5) is 189. The highest BCUT2D eigenvalue weighted by atomic mass is 33.1. The predicted octanol–water partition coefficient (Wildman–Crippen LogP) is 4.07. The number of carboxylic acids is 3. The first-order chi connectivity index (χ1) is 56.1. The minimum absolute atomic E-state index is 0.00932. The molecule has 1 saturated heterocycles. The van der Waals surface area contributed by atoms with E-state index in [1.165, 1.54) is 44.0 Å². The molecule has 654 valence electrons. The topological polar surface area (TPSA) is 572 Å². The average molecular weight is 1710 g/mol. The number of hydrazine groups is 1. The van der Waals surface area contributed by atoms with Gasteiger partial charge in [-0.1, -0.05) is 119 Å². The molecule has 10 atom stereocenters. The minimum Gasteiger partial charge on any atom is -0.508 e. The summed E-state index contributed by atoms with van der Waals surface area (Å²) < 4.78 is 10.9. The van der Waals surface area contributed by atoms with Crippen LogP contribution in [0.15, 0.2) is 60.5 Å². The summed E-state index contributed by atoms with van der Waals surface area (Å²) in [6, 6.07) is 4.18. The summed E-state index contributed by atoms with van der Waals surface area (Å²) in [7, 11) is 4.40. The third kappa shape index (κ3) is 37.8. The maximum atomic E-state index is 14.8. The van der Waals surface area contributed by atoms with Gasteiger partial charge < -0.3 is 98.8 Å². The fourth-order valence-electron chi connectivity index (χ4n) is 12.1. The second-order valence-electron chi connectivity index (χ2n) is 28.8. The highest BCUT2D eigenvalue weighted by Gasteiger charge is 2.40. The molecule has 118 heavy (non-hydrogen) atoms. The fraction of sp³-hybridized carbons (Fsp3) is 0.584. The third-order valence-electron chi connectivity index (χ3n) is 19.0. The lowest BCUT2D eigenvalue weighted by molar-refractivity contribution is -0.159. The molecule has 20 N–H and O–H groups in total. The van der Waals surface area contributed by atoms with Crippen LogP contribution in [0.2, 0.25) is 0 Å². The summed E-state index contributed by atoms with van der Waals surface area (Å²) in [5.74, 6) is -10.3. The van der Waals surface area contributed by atoms with Crippen LogP contribution in [0.4, 0.5) is 14.4 Å². The molecule has 0 bridgehead atoms. The van der Waals surface area contributed by atoms with E-state index in [-0.39, 0.29) is 129 Å². The van der Waals surface area contributed by atoms with E-state index in [4.69, 9.17) is 25.7 Å². The molecule has 1 fully saturated rings. The van der Waals surface area contributed by atoms with Crippen LogP contribution in [-0.2, 0) is 70.4 Å². The Bertz CT molecular complexity index is 3820. The Labute approximate surface area is 698 Å². The van der Waals surface area contributed by atoms with Gasteiger partial charge in [0.1, 0.15) is 53.3 Å². The number of aromatic hydroxyl groups is 1. The van der Waals surface area contributed by atoms with Crippen LogP contribution in [0, 0.1) is 23.2 Å². The summed E-state index contributed by atoms with van der Waals surface area (Å²) in [5.41, 5.74) is 11.9. The first-order valence-electron chi connectivity index (χ1n) is 39.2. The monoisotopic (exact) mass is 1710 g/mol. The number of aliphatic hydroxyl groups excluding tert-OH is 1. The number of amides is 12. The molecule has 3 aromatic rings. The van der Waals surface area contributed by atoms with Gasteiger partial charge in [0.15, 0.2) is 12.7 Å². The Balaban J connectivity index is 1.24. The number of carbonyl (C=O) groups is 14. The molecule has 2 heterocycles. The number of phenols is 1. The number of thiazole rings is 1. The number of aliphatic hydroxyl groups is 1. The van der Waals surface area contributed by atoms with Crippen molar-refractivity contribution < 1.29 is 102 Å². The van der Waals surface area contributed by atoms with Gasteiger partial charge in [-0.3, -0.25) is 63.7 Å². The minimum atomic E-state index is -1.56. The van der Waals surface area contributed by atoms with Crippen LogP contribution in [0.1, 0.15) is 183 Å².